The minimum atomic E-state index is -0.834. The molecule has 0 unspecified atom stereocenters. The van der Waals surface area contributed by atoms with Crippen LogP contribution in [0.5, 0.6) is 0 Å². The lowest BCUT2D eigenvalue weighted by Gasteiger charge is -2.13. The van der Waals surface area contributed by atoms with Gasteiger partial charge in [0, 0.05) is 13.5 Å². The molecule has 1 heterocycles. The third-order valence-corrected chi connectivity index (χ3v) is 3.64. The van der Waals surface area contributed by atoms with E-state index >= 15 is 0 Å². The Kier molecular flexibility index (Phi) is 4.30. The van der Waals surface area contributed by atoms with Crippen LogP contribution in [0.4, 0.5) is 0 Å². The zero-order chi connectivity index (χ0) is 18.0. The van der Waals surface area contributed by atoms with Crippen molar-refractivity contribution in [2.24, 2.45) is 0 Å². The van der Waals surface area contributed by atoms with Crippen LogP contribution in [-0.4, -0.2) is 28.8 Å². The van der Waals surface area contributed by atoms with E-state index in [0.717, 1.165) is 0 Å². The topological polar surface area (TPSA) is 92.8 Å². The second kappa shape index (κ2) is 6.56. The van der Waals surface area contributed by atoms with Crippen molar-refractivity contribution < 1.29 is 24.0 Å². The molecule has 1 aliphatic rings. The highest BCUT2D eigenvalue weighted by Gasteiger charge is 2.38. The van der Waals surface area contributed by atoms with Gasteiger partial charge in [-0.3, -0.25) is 14.4 Å². The van der Waals surface area contributed by atoms with Gasteiger partial charge in [0.1, 0.15) is 0 Å². The van der Waals surface area contributed by atoms with Crippen LogP contribution in [0.1, 0.15) is 43.6 Å². The number of carbonyl (C=O) groups excluding carboxylic acids is 4. The fraction of sp³-hybridized carbons (Fsp3) is 0.111. The zero-order valence-electron chi connectivity index (χ0n) is 13.3. The molecular formula is C18H14N2O5. The molecule has 3 rings (SSSR count). The predicted molar refractivity (Wildman–Crippen MR) is 86.3 cm³/mol. The quantitative estimate of drug-likeness (QED) is 0.857. The molecule has 0 bridgehead atoms. The fourth-order valence-electron chi connectivity index (χ4n) is 2.42. The van der Waals surface area contributed by atoms with Crippen molar-refractivity contribution >= 4 is 23.7 Å². The highest BCUT2D eigenvalue weighted by Crippen LogP contribution is 2.23. The molecule has 0 fully saturated rings. The van der Waals surface area contributed by atoms with Crippen LogP contribution in [-0.2, 0) is 16.2 Å². The molecule has 25 heavy (non-hydrogen) atoms. The number of hydrogen-bond donors (Lipinski definition) is 1. The first kappa shape index (κ1) is 16.4. The van der Waals surface area contributed by atoms with E-state index < -0.39 is 17.8 Å². The molecule has 1 aliphatic heterocycles. The van der Waals surface area contributed by atoms with E-state index in [-0.39, 0.29) is 29.1 Å². The lowest BCUT2D eigenvalue weighted by atomic mass is 10.1. The summed E-state index contributed by atoms with van der Waals surface area (Å²) >= 11 is 0. The maximum atomic E-state index is 12.3. The molecule has 0 aromatic heterocycles. The monoisotopic (exact) mass is 338 g/mol. The molecule has 0 saturated carbocycles. The summed E-state index contributed by atoms with van der Waals surface area (Å²) in [4.78, 5) is 52.6. The molecule has 2 aromatic rings. The Morgan fingerprint density at radius 3 is 2.24 bits per heavy atom. The van der Waals surface area contributed by atoms with Crippen molar-refractivity contribution in [2.75, 3.05) is 0 Å². The summed E-state index contributed by atoms with van der Waals surface area (Å²) in [6, 6.07) is 12.6. The van der Waals surface area contributed by atoms with Crippen molar-refractivity contribution in [1.29, 1.82) is 0 Å². The second-order valence-electron chi connectivity index (χ2n) is 5.44. The standard InChI is InChI=1S/C18H14N2O5/c1-11(21)19-10-12-5-4-6-13(9-12)18(24)25-20-16(22)14-7-2-3-8-15(14)17(20)23/h2-9H,10H2,1H3,(H,19,21). The first-order valence-electron chi connectivity index (χ1n) is 7.51. The highest BCUT2D eigenvalue weighted by molar-refractivity contribution is 6.21. The van der Waals surface area contributed by atoms with Gasteiger partial charge in [0.05, 0.1) is 16.7 Å². The summed E-state index contributed by atoms with van der Waals surface area (Å²) in [7, 11) is 0. The first-order chi connectivity index (χ1) is 12.0. The van der Waals surface area contributed by atoms with Crippen LogP contribution in [0.25, 0.3) is 0 Å². The van der Waals surface area contributed by atoms with E-state index in [1.54, 1.807) is 24.3 Å². The Balaban J connectivity index is 1.75. The average Bonchev–Trinajstić information content (AvgIpc) is 2.85. The van der Waals surface area contributed by atoms with Gasteiger partial charge in [-0.2, -0.15) is 0 Å². The Labute approximate surface area is 143 Å². The first-order valence-corrected chi connectivity index (χ1v) is 7.51. The third kappa shape index (κ3) is 3.25. The largest absolute Gasteiger partial charge is 0.363 e. The lowest BCUT2D eigenvalue weighted by Crippen LogP contribution is -2.32. The van der Waals surface area contributed by atoms with Crippen LogP contribution < -0.4 is 5.32 Å². The molecule has 0 radical (unpaired) electrons. The Morgan fingerprint density at radius 2 is 1.64 bits per heavy atom. The van der Waals surface area contributed by atoms with E-state index in [2.05, 4.69) is 5.32 Å². The molecule has 1 N–H and O–H groups in total. The minimum Gasteiger partial charge on any atom is -0.352 e. The fourth-order valence-corrected chi connectivity index (χ4v) is 2.42. The van der Waals surface area contributed by atoms with E-state index in [9.17, 15) is 19.2 Å². The van der Waals surface area contributed by atoms with E-state index in [4.69, 9.17) is 4.84 Å². The summed E-state index contributed by atoms with van der Waals surface area (Å²) in [6.07, 6.45) is 0. The second-order valence-corrected chi connectivity index (χ2v) is 5.44. The predicted octanol–water partition coefficient (Wildman–Crippen LogP) is 1.69. The van der Waals surface area contributed by atoms with Crippen molar-refractivity contribution in [3.05, 3.63) is 70.8 Å². The van der Waals surface area contributed by atoms with Gasteiger partial charge >= 0.3 is 5.97 Å². The molecule has 7 nitrogen and oxygen atoms in total. The van der Waals surface area contributed by atoms with Gasteiger partial charge in [0.15, 0.2) is 0 Å². The summed E-state index contributed by atoms with van der Waals surface area (Å²) < 4.78 is 0. The number of fused-ring (bicyclic) bond motifs is 1. The molecule has 126 valence electrons. The Morgan fingerprint density at radius 1 is 1.00 bits per heavy atom. The average molecular weight is 338 g/mol. The number of carbonyl (C=O) groups is 4. The van der Waals surface area contributed by atoms with Crippen LogP contribution in [0.2, 0.25) is 0 Å². The van der Waals surface area contributed by atoms with E-state index in [0.29, 0.717) is 10.6 Å². The number of nitrogens with one attached hydrogen (secondary N) is 1. The van der Waals surface area contributed by atoms with Crippen molar-refractivity contribution in [3.63, 3.8) is 0 Å². The number of amides is 3. The SMILES string of the molecule is CC(=O)NCc1cccc(C(=O)ON2C(=O)c3ccccc3C2=O)c1. The smallest absolute Gasteiger partial charge is 0.352 e. The summed E-state index contributed by atoms with van der Waals surface area (Å²) in [5.74, 6) is -2.38. The Hall–Kier alpha value is -3.48. The maximum Gasteiger partial charge on any atom is 0.363 e. The van der Waals surface area contributed by atoms with E-state index in [1.807, 2.05) is 0 Å². The number of imide groups is 1. The van der Waals surface area contributed by atoms with E-state index in [1.165, 1.54) is 31.2 Å². The highest BCUT2D eigenvalue weighted by atomic mass is 16.7. The molecule has 2 aromatic carbocycles. The van der Waals surface area contributed by atoms with Crippen LogP contribution in [0.15, 0.2) is 48.5 Å². The minimum absolute atomic E-state index is 0.166. The van der Waals surface area contributed by atoms with Gasteiger partial charge in [-0.1, -0.05) is 29.3 Å². The number of benzene rings is 2. The maximum absolute atomic E-state index is 12.3. The normalized spacial score (nSPS) is 12.8. The van der Waals surface area contributed by atoms with Gasteiger partial charge in [-0.15, -0.1) is 0 Å². The summed E-state index contributed by atoms with van der Waals surface area (Å²) in [5.41, 5.74) is 1.24. The van der Waals surface area contributed by atoms with Crippen LogP contribution in [0.3, 0.4) is 0 Å². The van der Waals surface area contributed by atoms with Gasteiger partial charge in [-0.05, 0) is 29.8 Å². The number of hydrogen-bond acceptors (Lipinski definition) is 5. The van der Waals surface area contributed by atoms with Gasteiger partial charge in [-0.25, -0.2) is 4.79 Å². The van der Waals surface area contributed by atoms with Crippen LogP contribution in [0, 0.1) is 0 Å². The van der Waals surface area contributed by atoms with Crippen LogP contribution >= 0.6 is 0 Å². The molecule has 3 amide bonds. The molecular weight excluding hydrogens is 324 g/mol. The van der Waals surface area contributed by atoms with Crippen molar-refractivity contribution in [2.45, 2.75) is 13.5 Å². The van der Waals surface area contributed by atoms with Gasteiger partial charge in [0.2, 0.25) is 5.91 Å². The number of hydroxylamine groups is 2. The molecule has 0 atom stereocenters. The molecule has 0 saturated heterocycles. The summed E-state index contributed by atoms with van der Waals surface area (Å²) in [5, 5.41) is 3.08. The summed E-state index contributed by atoms with van der Waals surface area (Å²) in [6.45, 7) is 1.64. The zero-order valence-corrected chi connectivity index (χ0v) is 13.3. The van der Waals surface area contributed by atoms with Gasteiger partial charge in [0.25, 0.3) is 11.8 Å². The molecule has 0 aliphatic carbocycles. The molecule has 7 heteroatoms. The molecule has 0 spiro atoms. The number of rotatable bonds is 4. The van der Waals surface area contributed by atoms with Gasteiger partial charge < -0.3 is 10.2 Å². The third-order valence-electron chi connectivity index (χ3n) is 3.64. The van der Waals surface area contributed by atoms with Crippen molar-refractivity contribution in [1.82, 2.24) is 10.4 Å². The lowest BCUT2D eigenvalue weighted by molar-refractivity contribution is -0.119. The Bertz CT molecular complexity index is 856. The number of nitrogens with zero attached hydrogens (tertiary/aromatic N) is 1. The van der Waals surface area contributed by atoms with Crippen molar-refractivity contribution in [3.8, 4) is 0 Å².